The third kappa shape index (κ3) is 2.85. The number of carbonyl (C=O) groups excluding carboxylic acids is 1. The summed E-state index contributed by atoms with van der Waals surface area (Å²) in [5.74, 6) is 1.23. The molecule has 2 aromatic heterocycles. The Kier molecular flexibility index (Phi) is 3.99. The molecule has 1 aliphatic heterocycles. The summed E-state index contributed by atoms with van der Waals surface area (Å²) in [6.07, 6.45) is 0. The van der Waals surface area contributed by atoms with Crippen LogP contribution in [-0.4, -0.2) is 29.3 Å². The Hall–Kier alpha value is -3.09. The van der Waals surface area contributed by atoms with Gasteiger partial charge in [0.05, 0.1) is 22.7 Å². The summed E-state index contributed by atoms with van der Waals surface area (Å²) in [5.41, 5.74) is 3.16. The fraction of sp³-hybridized carbons (Fsp3) is 0.316. The van der Waals surface area contributed by atoms with Crippen molar-refractivity contribution in [3.8, 4) is 11.5 Å². The van der Waals surface area contributed by atoms with Crippen molar-refractivity contribution in [2.75, 3.05) is 13.2 Å². The van der Waals surface area contributed by atoms with Crippen LogP contribution < -0.4 is 14.8 Å². The number of amides is 1. The summed E-state index contributed by atoms with van der Waals surface area (Å²) < 4.78 is 16.4. The molecule has 1 aromatic carbocycles. The maximum atomic E-state index is 12.9. The van der Waals surface area contributed by atoms with Crippen LogP contribution in [0.4, 0.5) is 0 Å². The van der Waals surface area contributed by atoms with E-state index in [-0.39, 0.29) is 11.9 Å². The number of benzene rings is 1. The number of ether oxygens (including phenoxy) is 2. The minimum absolute atomic E-state index is 0.200. The van der Waals surface area contributed by atoms with E-state index in [1.54, 1.807) is 13.0 Å². The molecule has 1 amide bonds. The minimum atomic E-state index is -0.206. The Balaban J connectivity index is 1.61. The third-order valence-electron chi connectivity index (χ3n) is 4.40. The smallest absolute Gasteiger partial charge is 0.258 e. The molecule has 134 valence electrons. The molecule has 0 radical (unpaired) electrons. The predicted octanol–water partition coefficient (Wildman–Crippen LogP) is 3.10. The zero-order valence-corrected chi connectivity index (χ0v) is 14.8. The average Bonchev–Trinajstić information content (AvgIpc) is 3.01. The number of nitrogens with zero attached hydrogens (tertiary/aromatic N) is 2. The van der Waals surface area contributed by atoms with Crippen molar-refractivity contribution in [1.29, 1.82) is 0 Å². The molecule has 0 spiro atoms. The van der Waals surface area contributed by atoms with Gasteiger partial charge in [0.15, 0.2) is 11.5 Å². The van der Waals surface area contributed by atoms with Crippen molar-refractivity contribution in [2.24, 2.45) is 0 Å². The normalized spacial score (nSPS) is 14.3. The molecule has 3 heterocycles. The first-order chi connectivity index (χ1) is 12.5. The van der Waals surface area contributed by atoms with Crippen LogP contribution in [0.5, 0.6) is 11.5 Å². The zero-order chi connectivity index (χ0) is 18.3. The SMILES string of the molecule is Cc1cc(C(=O)NC(C)c2ccc3c(c2)OCCO3)c2c(C)noc2n1. The Labute approximate surface area is 150 Å². The van der Waals surface area contributed by atoms with Crippen LogP contribution in [0, 0.1) is 13.8 Å². The number of nitrogens with one attached hydrogen (secondary N) is 1. The molecular formula is C19H19N3O4. The molecule has 7 heteroatoms. The highest BCUT2D eigenvalue weighted by Gasteiger charge is 2.20. The van der Waals surface area contributed by atoms with Gasteiger partial charge < -0.3 is 19.3 Å². The van der Waals surface area contributed by atoms with Gasteiger partial charge in [-0.25, -0.2) is 4.98 Å². The first-order valence-electron chi connectivity index (χ1n) is 8.47. The topological polar surface area (TPSA) is 86.5 Å². The largest absolute Gasteiger partial charge is 0.486 e. The van der Waals surface area contributed by atoms with Crippen LogP contribution in [0.15, 0.2) is 28.8 Å². The lowest BCUT2D eigenvalue weighted by Gasteiger charge is -2.21. The number of fused-ring (bicyclic) bond motifs is 2. The average molecular weight is 353 g/mol. The van der Waals surface area contributed by atoms with Crippen molar-refractivity contribution < 1.29 is 18.8 Å². The van der Waals surface area contributed by atoms with Crippen LogP contribution in [0.25, 0.3) is 11.1 Å². The van der Waals surface area contributed by atoms with E-state index in [0.717, 1.165) is 11.3 Å². The highest BCUT2D eigenvalue weighted by molar-refractivity contribution is 6.06. The van der Waals surface area contributed by atoms with Gasteiger partial charge in [-0.3, -0.25) is 4.79 Å². The highest BCUT2D eigenvalue weighted by Crippen LogP contribution is 2.32. The van der Waals surface area contributed by atoms with Crippen molar-refractivity contribution in [3.63, 3.8) is 0 Å². The number of hydrogen-bond donors (Lipinski definition) is 1. The highest BCUT2D eigenvalue weighted by atomic mass is 16.6. The van der Waals surface area contributed by atoms with Crippen LogP contribution in [0.1, 0.15) is 40.3 Å². The van der Waals surface area contributed by atoms with Crippen LogP contribution >= 0.6 is 0 Å². The second-order valence-electron chi connectivity index (χ2n) is 6.36. The van der Waals surface area contributed by atoms with Crippen LogP contribution in [0.2, 0.25) is 0 Å². The standard InChI is InChI=1S/C19H19N3O4/c1-10-8-14(17-12(3)22-26-19(17)20-10)18(23)21-11(2)13-4-5-15-16(9-13)25-7-6-24-15/h4-5,8-9,11H,6-7H2,1-3H3,(H,21,23). The van der Waals surface area contributed by atoms with Crippen molar-refractivity contribution >= 4 is 17.0 Å². The van der Waals surface area contributed by atoms with Crippen molar-refractivity contribution in [1.82, 2.24) is 15.5 Å². The molecule has 4 rings (SSSR count). The molecule has 26 heavy (non-hydrogen) atoms. The van der Waals surface area contributed by atoms with E-state index in [2.05, 4.69) is 15.5 Å². The summed E-state index contributed by atoms with van der Waals surface area (Å²) in [4.78, 5) is 17.2. The summed E-state index contributed by atoms with van der Waals surface area (Å²) in [5, 5.41) is 7.58. The van der Waals surface area contributed by atoms with Gasteiger partial charge in [0.2, 0.25) is 0 Å². The van der Waals surface area contributed by atoms with Gasteiger partial charge in [-0.1, -0.05) is 11.2 Å². The molecule has 1 atom stereocenters. The number of aromatic nitrogens is 2. The predicted molar refractivity (Wildman–Crippen MR) is 94.6 cm³/mol. The van der Waals surface area contributed by atoms with Gasteiger partial charge in [-0.05, 0) is 44.5 Å². The Morgan fingerprint density at radius 1 is 1.15 bits per heavy atom. The van der Waals surface area contributed by atoms with Gasteiger partial charge in [0, 0.05) is 5.69 Å². The monoisotopic (exact) mass is 353 g/mol. The molecule has 1 unspecified atom stereocenters. The maximum Gasteiger partial charge on any atom is 0.258 e. The molecular weight excluding hydrogens is 334 g/mol. The second-order valence-corrected chi connectivity index (χ2v) is 6.36. The number of rotatable bonds is 3. The molecule has 0 aliphatic carbocycles. The van der Waals surface area contributed by atoms with E-state index >= 15 is 0 Å². The molecule has 1 N–H and O–H groups in total. The lowest BCUT2D eigenvalue weighted by Crippen LogP contribution is -2.27. The first-order valence-corrected chi connectivity index (χ1v) is 8.47. The molecule has 0 bridgehead atoms. The summed E-state index contributed by atoms with van der Waals surface area (Å²) in [7, 11) is 0. The maximum absolute atomic E-state index is 12.9. The van der Waals surface area contributed by atoms with Gasteiger partial charge in [-0.15, -0.1) is 0 Å². The van der Waals surface area contributed by atoms with E-state index in [1.807, 2.05) is 32.0 Å². The number of aryl methyl sites for hydroxylation is 2. The zero-order valence-electron chi connectivity index (χ0n) is 14.8. The van der Waals surface area contributed by atoms with Gasteiger partial charge in [-0.2, -0.15) is 0 Å². The molecule has 0 fully saturated rings. The van der Waals surface area contributed by atoms with Crippen LogP contribution in [0.3, 0.4) is 0 Å². The second kappa shape index (κ2) is 6.33. The fourth-order valence-electron chi connectivity index (χ4n) is 3.08. The number of carbonyl (C=O) groups is 1. The van der Waals surface area contributed by atoms with Crippen LogP contribution in [-0.2, 0) is 0 Å². The molecule has 0 saturated heterocycles. The van der Waals surface area contributed by atoms with Crippen molar-refractivity contribution in [3.05, 3.63) is 46.8 Å². The minimum Gasteiger partial charge on any atom is -0.486 e. The van der Waals surface area contributed by atoms with Gasteiger partial charge in [0.25, 0.3) is 11.6 Å². The van der Waals surface area contributed by atoms with E-state index < -0.39 is 0 Å². The lowest BCUT2D eigenvalue weighted by atomic mass is 10.1. The molecule has 1 aliphatic rings. The lowest BCUT2D eigenvalue weighted by molar-refractivity contribution is 0.0941. The number of pyridine rings is 1. The molecule has 7 nitrogen and oxygen atoms in total. The summed E-state index contributed by atoms with van der Waals surface area (Å²) >= 11 is 0. The first kappa shape index (κ1) is 16.4. The van der Waals surface area contributed by atoms with E-state index in [1.165, 1.54) is 0 Å². The fourth-order valence-corrected chi connectivity index (χ4v) is 3.08. The molecule has 3 aromatic rings. The van der Waals surface area contributed by atoms with Crippen molar-refractivity contribution in [2.45, 2.75) is 26.8 Å². The van der Waals surface area contributed by atoms with E-state index in [9.17, 15) is 4.79 Å². The third-order valence-corrected chi connectivity index (χ3v) is 4.40. The molecule has 0 saturated carbocycles. The summed E-state index contributed by atoms with van der Waals surface area (Å²) in [6, 6.07) is 7.24. The van der Waals surface area contributed by atoms with E-state index in [0.29, 0.717) is 47.0 Å². The Morgan fingerprint density at radius 3 is 2.73 bits per heavy atom. The summed E-state index contributed by atoms with van der Waals surface area (Å²) in [6.45, 7) is 6.61. The van der Waals surface area contributed by atoms with Gasteiger partial charge >= 0.3 is 0 Å². The van der Waals surface area contributed by atoms with Gasteiger partial charge in [0.1, 0.15) is 13.2 Å². The Morgan fingerprint density at radius 2 is 1.92 bits per heavy atom. The number of hydrogen-bond acceptors (Lipinski definition) is 6. The van der Waals surface area contributed by atoms with E-state index in [4.69, 9.17) is 14.0 Å². The Bertz CT molecular complexity index is 996. The quantitative estimate of drug-likeness (QED) is 0.779.